The minimum atomic E-state index is -0.310. The van der Waals surface area contributed by atoms with Crippen LogP contribution in [-0.2, 0) is 6.54 Å². The van der Waals surface area contributed by atoms with Crippen molar-refractivity contribution in [1.82, 2.24) is 4.90 Å². The van der Waals surface area contributed by atoms with Gasteiger partial charge in [0.15, 0.2) is 0 Å². The van der Waals surface area contributed by atoms with Gasteiger partial charge in [0.05, 0.1) is 6.10 Å². The maximum Gasteiger partial charge on any atom is 0.104 e. The Labute approximate surface area is 103 Å². The highest BCUT2D eigenvalue weighted by Gasteiger charge is 2.03. The fourth-order valence-electron chi connectivity index (χ4n) is 1.66. The Morgan fingerprint density at radius 2 is 1.94 bits per heavy atom. The third-order valence-corrected chi connectivity index (χ3v) is 2.29. The molecule has 1 aromatic carbocycles. The van der Waals surface area contributed by atoms with Gasteiger partial charge in [-0.1, -0.05) is 24.0 Å². The fraction of sp³-hybridized carbons (Fsp3) is 0.429. The van der Waals surface area contributed by atoms with Crippen LogP contribution in [-0.4, -0.2) is 41.4 Å². The largest absolute Gasteiger partial charge is 0.392 e. The lowest BCUT2D eigenvalue weighted by molar-refractivity contribution is 0.138. The van der Waals surface area contributed by atoms with E-state index in [1.165, 1.54) is 5.56 Å². The maximum absolute atomic E-state index is 9.26. The van der Waals surface area contributed by atoms with Crippen molar-refractivity contribution >= 4 is 0 Å². The molecular weight excluding hydrogens is 214 g/mol. The van der Waals surface area contributed by atoms with Crippen molar-refractivity contribution in [3.63, 3.8) is 0 Å². The zero-order valence-electron chi connectivity index (χ0n) is 10.3. The average Bonchev–Trinajstić information content (AvgIpc) is 2.27. The molecule has 0 aliphatic carbocycles. The number of nitrogens with zero attached hydrogens (tertiary/aromatic N) is 1. The summed E-state index contributed by atoms with van der Waals surface area (Å²) in [7, 11) is 1.98. The van der Waals surface area contributed by atoms with Crippen LogP contribution >= 0.6 is 0 Å². The van der Waals surface area contributed by atoms with Crippen LogP contribution in [0.25, 0.3) is 0 Å². The lowest BCUT2D eigenvalue weighted by Crippen LogP contribution is -2.26. The highest BCUT2D eigenvalue weighted by atomic mass is 16.3. The van der Waals surface area contributed by atoms with Crippen molar-refractivity contribution in [2.24, 2.45) is 0 Å². The highest BCUT2D eigenvalue weighted by molar-refractivity contribution is 5.36. The van der Waals surface area contributed by atoms with Crippen LogP contribution in [0.1, 0.15) is 18.1 Å². The predicted octanol–water partition coefficient (Wildman–Crippen LogP) is 0.843. The first-order valence-corrected chi connectivity index (χ1v) is 5.67. The molecule has 0 spiro atoms. The van der Waals surface area contributed by atoms with E-state index in [4.69, 9.17) is 5.11 Å². The van der Waals surface area contributed by atoms with Crippen LogP contribution in [0.15, 0.2) is 24.3 Å². The average molecular weight is 233 g/mol. The van der Waals surface area contributed by atoms with Crippen LogP contribution < -0.4 is 0 Å². The Hall–Kier alpha value is -1.34. The molecule has 0 aliphatic heterocycles. The van der Waals surface area contributed by atoms with Gasteiger partial charge in [-0.15, -0.1) is 0 Å². The summed E-state index contributed by atoms with van der Waals surface area (Å²) in [6, 6.07) is 7.91. The van der Waals surface area contributed by atoms with E-state index in [-0.39, 0.29) is 12.7 Å². The second-order valence-corrected chi connectivity index (χ2v) is 4.20. The van der Waals surface area contributed by atoms with E-state index in [0.29, 0.717) is 6.54 Å². The molecule has 92 valence electrons. The zero-order valence-corrected chi connectivity index (χ0v) is 10.3. The number of hydrogen-bond acceptors (Lipinski definition) is 3. The molecule has 1 aromatic rings. The van der Waals surface area contributed by atoms with Gasteiger partial charge < -0.3 is 10.2 Å². The molecule has 17 heavy (non-hydrogen) atoms. The Morgan fingerprint density at radius 3 is 2.47 bits per heavy atom. The minimum absolute atomic E-state index is 0.112. The number of benzene rings is 1. The topological polar surface area (TPSA) is 43.7 Å². The van der Waals surface area contributed by atoms with Gasteiger partial charge >= 0.3 is 0 Å². The Morgan fingerprint density at radius 1 is 1.29 bits per heavy atom. The number of likely N-dealkylation sites (N-methyl/N-ethyl adjacent to an activating group) is 1. The quantitative estimate of drug-likeness (QED) is 0.758. The number of rotatable bonds is 4. The predicted molar refractivity (Wildman–Crippen MR) is 68.4 cm³/mol. The molecule has 1 atom stereocenters. The fourth-order valence-corrected chi connectivity index (χ4v) is 1.66. The molecule has 0 aliphatic rings. The summed E-state index contributed by atoms with van der Waals surface area (Å²) in [5.41, 5.74) is 2.09. The smallest absolute Gasteiger partial charge is 0.104 e. The number of hydrogen-bond donors (Lipinski definition) is 2. The molecule has 0 saturated heterocycles. The van der Waals surface area contributed by atoms with Gasteiger partial charge in [-0.25, -0.2) is 0 Å². The van der Waals surface area contributed by atoms with Gasteiger partial charge in [-0.2, -0.15) is 0 Å². The van der Waals surface area contributed by atoms with Gasteiger partial charge in [0.1, 0.15) is 6.61 Å². The molecule has 0 aromatic heterocycles. The molecule has 0 radical (unpaired) electrons. The van der Waals surface area contributed by atoms with Gasteiger partial charge in [-0.05, 0) is 31.7 Å². The summed E-state index contributed by atoms with van der Waals surface area (Å²) >= 11 is 0. The van der Waals surface area contributed by atoms with Crippen molar-refractivity contribution in [1.29, 1.82) is 0 Å². The molecule has 0 saturated carbocycles. The van der Waals surface area contributed by atoms with E-state index in [1.807, 2.05) is 31.3 Å². The van der Waals surface area contributed by atoms with Gasteiger partial charge in [0.25, 0.3) is 0 Å². The zero-order chi connectivity index (χ0) is 12.7. The van der Waals surface area contributed by atoms with Crippen LogP contribution in [0.4, 0.5) is 0 Å². The van der Waals surface area contributed by atoms with Gasteiger partial charge in [0, 0.05) is 18.7 Å². The van der Waals surface area contributed by atoms with Crippen molar-refractivity contribution in [3.05, 3.63) is 35.4 Å². The van der Waals surface area contributed by atoms with Crippen LogP contribution in [0, 0.1) is 11.8 Å². The normalized spacial score (nSPS) is 12.1. The third-order valence-electron chi connectivity index (χ3n) is 2.29. The van der Waals surface area contributed by atoms with Crippen molar-refractivity contribution in [2.45, 2.75) is 19.6 Å². The summed E-state index contributed by atoms with van der Waals surface area (Å²) in [5, 5.41) is 17.8. The molecule has 1 rings (SSSR count). The van der Waals surface area contributed by atoms with Crippen molar-refractivity contribution in [3.8, 4) is 11.8 Å². The lowest BCUT2D eigenvalue weighted by Gasteiger charge is -2.18. The van der Waals surface area contributed by atoms with E-state index in [0.717, 1.165) is 12.1 Å². The first-order valence-electron chi connectivity index (χ1n) is 5.67. The molecule has 0 heterocycles. The monoisotopic (exact) mass is 233 g/mol. The first-order chi connectivity index (χ1) is 8.11. The summed E-state index contributed by atoms with van der Waals surface area (Å²) in [4.78, 5) is 2.07. The SMILES string of the molecule is CC(O)CN(C)Cc1ccc(C#CCO)cc1. The number of aliphatic hydroxyl groups excluding tert-OH is 2. The standard InChI is InChI=1S/C14H19NO2/c1-12(17)10-15(2)11-14-7-5-13(6-8-14)4-3-9-16/h5-8,12,16-17H,9-11H2,1-2H3. The minimum Gasteiger partial charge on any atom is -0.392 e. The number of aliphatic hydroxyl groups is 2. The highest BCUT2D eigenvalue weighted by Crippen LogP contribution is 2.06. The van der Waals surface area contributed by atoms with Gasteiger partial charge in [-0.3, -0.25) is 4.90 Å². The summed E-state index contributed by atoms with van der Waals surface area (Å²) < 4.78 is 0. The molecule has 3 heteroatoms. The van der Waals surface area contributed by atoms with Crippen molar-refractivity contribution < 1.29 is 10.2 Å². The molecule has 0 bridgehead atoms. The van der Waals surface area contributed by atoms with E-state index >= 15 is 0 Å². The van der Waals surface area contributed by atoms with Gasteiger partial charge in [0.2, 0.25) is 0 Å². The third kappa shape index (κ3) is 5.50. The first kappa shape index (κ1) is 13.7. The lowest BCUT2D eigenvalue weighted by atomic mass is 10.1. The van der Waals surface area contributed by atoms with Crippen LogP contribution in [0.3, 0.4) is 0 Å². The second-order valence-electron chi connectivity index (χ2n) is 4.20. The van der Waals surface area contributed by atoms with Crippen molar-refractivity contribution in [2.75, 3.05) is 20.2 Å². The Bertz CT molecular complexity index is 387. The molecule has 2 N–H and O–H groups in total. The van der Waals surface area contributed by atoms with E-state index in [9.17, 15) is 5.11 Å². The Kier molecular flexibility index (Phi) is 5.71. The summed E-state index contributed by atoms with van der Waals surface area (Å²) in [6.07, 6.45) is -0.310. The molecule has 3 nitrogen and oxygen atoms in total. The molecule has 1 unspecified atom stereocenters. The molecular formula is C14H19NO2. The van der Waals surface area contributed by atoms with Crippen LogP contribution in [0.5, 0.6) is 0 Å². The second kappa shape index (κ2) is 7.08. The van der Waals surface area contributed by atoms with Crippen LogP contribution in [0.2, 0.25) is 0 Å². The Balaban J connectivity index is 2.56. The maximum atomic E-state index is 9.26. The molecule has 0 amide bonds. The molecule has 0 fully saturated rings. The summed E-state index contributed by atoms with van der Waals surface area (Å²) in [5.74, 6) is 5.47. The van der Waals surface area contributed by atoms with E-state index < -0.39 is 0 Å². The van der Waals surface area contributed by atoms with E-state index in [1.54, 1.807) is 6.92 Å². The summed E-state index contributed by atoms with van der Waals surface area (Å²) in [6.45, 7) is 3.13. The van der Waals surface area contributed by atoms with E-state index in [2.05, 4.69) is 16.7 Å².